The molecule has 2 aliphatic carbocycles. The van der Waals surface area contributed by atoms with E-state index in [1.165, 1.54) is 38.5 Å². The molecule has 1 atom stereocenters. The molecule has 0 heteroatoms. The lowest BCUT2D eigenvalue weighted by Crippen LogP contribution is -2.22. The lowest BCUT2D eigenvalue weighted by Gasteiger charge is -2.35. The zero-order valence-electron chi connectivity index (χ0n) is 9.55. The molecule has 1 spiro atoms. The smallest absolute Gasteiger partial charge is 0.00639 e. The molecule has 0 bridgehead atoms. The molecule has 0 aliphatic heterocycles. The van der Waals surface area contributed by atoms with Crippen molar-refractivity contribution in [3.05, 3.63) is 23.8 Å². The van der Waals surface area contributed by atoms with Crippen molar-refractivity contribution in [2.45, 2.75) is 52.4 Å². The Kier molecular flexibility index (Phi) is 2.80. The SMILES string of the molecule is CC(C)C1=CC2(C=CCCC2)CCC1. The Morgan fingerprint density at radius 3 is 2.64 bits per heavy atom. The molecule has 0 aromatic rings. The van der Waals surface area contributed by atoms with Crippen molar-refractivity contribution >= 4 is 0 Å². The standard InChI is InChI=1S/C14H22/c1-12(2)13-7-6-10-14(11-13)8-4-3-5-9-14/h4,8,11-12H,3,5-7,9-10H2,1-2H3. The van der Waals surface area contributed by atoms with Crippen LogP contribution < -0.4 is 0 Å². The van der Waals surface area contributed by atoms with Gasteiger partial charge in [-0.15, -0.1) is 0 Å². The van der Waals surface area contributed by atoms with Gasteiger partial charge in [0.25, 0.3) is 0 Å². The quantitative estimate of drug-likeness (QED) is 0.535. The van der Waals surface area contributed by atoms with Gasteiger partial charge < -0.3 is 0 Å². The van der Waals surface area contributed by atoms with Crippen LogP contribution in [0.2, 0.25) is 0 Å². The van der Waals surface area contributed by atoms with Gasteiger partial charge in [-0.25, -0.2) is 0 Å². The van der Waals surface area contributed by atoms with E-state index in [0.717, 1.165) is 5.92 Å². The van der Waals surface area contributed by atoms with Crippen LogP contribution in [0.15, 0.2) is 23.8 Å². The van der Waals surface area contributed by atoms with E-state index in [-0.39, 0.29) is 0 Å². The normalized spacial score (nSPS) is 32.4. The van der Waals surface area contributed by atoms with Gasteiger partial charge in [-0.3, -0.25) is 0 Å². The van der Waals surface area contributed by atoms with Crippen molar-refractivity contribution in [1.29, 1.82) is 0 Å². The molecule has 0 radical (unpaired) electrons. The second-order valence-corrected chi connectivity index (χ2v) is 5.26. The zero-order valence-corrected chi connectivity index (χ0v) is 9.55. The summed E-state index contributed by atoms with van der Waals surface area (Å²) in [6, 6.07) is 0. The highest BCUT2D eigenvalue weighted by atomic mass is 14.3. The molecule has 1 unspecified atom stereocenters. The molecule has 2 aliphatic rings. The second kappa shape index (κ2) is 3.92. The Labute approximate surface area is 88.1 Å². The van der Waals surface area contributed by atoms with Gasteiger partial charge >= 0.3 is 0 Å². The largest absolute Gasteiger partial charge is 0.0877 e. The minimum atomic E-state index is 0.468. The summed E-state index contributed by atoms with van der Waals surface area (Å²) in [6.07, 6.45) is 15.7. The minimum Gasteiger partial charge on any atom is -0.0877 e. The van der Waals surface area contributed by atoms with Crippen LogP contribution in [0.1, 0.15) is 52.4 Å². The highest BCUT2D eigenvalue weighted by Gasteiger charge is 2.29. The Morgan fingerprint density at radius 1 is 1.21 bits per heavy atom. The molecule has 78 valence electrons. The molecule has 2 rings (SSSR count). The summed E-state index contributed by atoms with van der Waals surface area (Å²) in [5.41, 5.74) is 2.17. The van der Waals surface area contributed by atoms with E-state index in [2.05, 4.69) is 32.1 Å². The second-order valence-electron chi connectivity index (χ2n) is 5.26. The molecule has 0 fully saturated rings. The van der Waals surface area contributed by atoms with Crippen molar-refractivity contribution in [1.82, 2.24) is 0 Å². The molecule has 0 aromatic carbocycles. The summed E-state index contributed by atoms with van der Waals surface area (Å²) in [5.74, 6) is 0.752. The van der Waals surface area contributed by atoms with Crippen LogP contribution in [0, 0.1) is 11.3 Å². The van der Waals surface area contributed by atoms with Gasteiger partial charge in [0.2, 0.25) is 0 Å². The zero-order chi connectivity index (χ0) is 10.0. The fraction of sp³-hybridized carbons (Fsp3) is 0.714. The number of allylic oxidation sites excluding steroid dienone is 4. The molecule has 0 N–H and O–H groups in total. The third kappa shape index (κ3) is 1.94. The highest BCUT2D eigenvalue weighted by Crippen LogP contribution is 2.43. The summed E-state index contributed by atoms with van der Waals surface area (Å²) in [6.45, 7) is 4.66. The predicted octanol–water partition coefficient (Wildman–Crippen LogP) is 4.48. The molecule has 0 aromatic heterocycles. The molecular weight excluding hydrogens is 168 g/mol. The van der Waals surface area contributed by atoms with Gasteiger partial charge in [0.15, 0.2) is 0 Å². The Hall–Kier alpha value is -0.520. The van der Waals surface area contributed by atoms with Gasteiger partial charge in [-0.1, -0.05) is 37.6 Å². The summed E-state index contributed by atoms with van der Waals surface area (Å²) in [4.78, 5) is 0. The van der Waals surface area contributed by atoms with Crippen molar-refractivity contribution in [3.63, 3.8) is 0 Å². The topological polar surface area (TPSA) is 0 Å². The fourth-order valence-electron chi connectivity index (χ4n) is 2.87. The minimum absolute atomic E-state index is 0.468. The van der Waals surface area contributed by atoms with Gasteiger partial charge in [-0.2, -0.15) is 0 Å². The molecule has 0 nitrogen and oxygen atoms in total. The fourth-order valence-corrected chi connectivity index (χ4v) is 2.87. The first kappa shape index (κ1) is 10.0. The van der Waals surface area contributed by atoms with E-state index in [1.54, 1.807) is 5.57 Å². The molecule has 14 heavy (non-hydrogen) atoms. The average Bonchev–Trinajstić information content (AvgIpc) is 2.19. The van der Waals surface area contributed by atoms with Crippen LogP contribution in [0.4, 0.5) is 0 Å². The molecular formula is C14H22. The molecule has 0 amide bonds. The van der Waals surface area contributed by atoms with Gasteiger partial charge in [0.1, 0.15) is 0 Å². The lowest BCUT2D eigenvalue weighted by molar-refractivity contribution is 0.350. The van der Waals surface area contributed by atoms with Crippen molar-refractivity contribution < 1.29 is 0 Å². The monoisotopic (exact) mass is 190 g/mol. The Balaban J connectivity index is 2.23. The lowest BCUT2D eigenvalue weighted by atomic mass is 9.69. The van der Waals surface area contributed by atoms with Gasteiger partial charge in [0, 0.05) is 5.41 Å². The first-order valence-electron chi connectivity index (χ1n) is 6.11. The van der Waals surface area contributed by atoms with Crippen LogP contribution in [-0.4, -0.2) is 0 Å². The van der Waals surface area contributed by atoms with E-state index < -0.39 is 0 Å². The van der Waals surface area contributed by atoms with Crippen molar-refractivity contribution in [2.24, 2.45) is 11.3 Å². The van der Waals surface area contributed by atoms with E-state index in [0.29, 0.717) is 5.41 Å². The van der Waals surface area contributed by atoms with E-state index in [9.17, 15) is 0 Å². The third-order valence-electron chi connectivity index (χ3n) is 3.78. The summed E-state index contributed by atoms with van der Waals surface area (Å²) in [5, 5.41) is 0. The maximum absolute atomic E-state index is 2.59. The maximum Gasteiger partial charge on any atom is 0.00639 e. The van der Waals surface area contributed by atoms with E-state index >= 15 is 0 Å². The number of hydrogen-bond acceptors (Lipinski definition) is 0. The summed E-state index contributed by atoms with van der Waals surface area (Å²) < 4.78 is 0. The summed E-state index contributed by atoms with van der Waals surface area (Å²) >= 11 is 0. The van der Waals surface area contributed by atoms with Crippen molar-refractivity contribution in [2.75, 3.05) is 0 Å². The van der Waals surface area contributed by atoms with Crippen LogP contribution in [0.5, 0.6) is 0 Å². The van der Waals surface area contributed by atoms with E-state index in [1.807, 2.05) is 0 Å². The van der Waals surface area contributed by atoms with Crippen LogP contribution in [0.25, 0.3) is 0 Å². The van der Waals surface area contributed by atoms with Crippen LogP contribution >= 0.6 is 0 Å². The van der Waals surface area contributed by atoms with E-state index in [4.69, 9.17) is 0 Å². The predicted molar refractivity (Wildman–Crippen MR) is 62.2 cm³/mol. The Bertz CT molecular complexity index is 253. The highest BCUT2D eigenvalue weighted by molar-refractivity contribution is 5.22. The first-order valence-corrected chi connectivity index (χ1v) is 6.11. The van der Waals surface area contributed by atoms with Crippen molar-refractivity contribution in [3.8, 4) is 0 Å². The molecule has 0 saturated carbocycles. The number of rotatable bonds is 1. The third-order valence-corrected chi connectivity index (χ3v) is 3.78. The maximum atomic E-state index is 2.59. The Morgan fingerprint density at radius 2 is 2.00 bits per heavy atom. The average molecular weight is 190 g/mol. The van der Waals surface area contributed by atoms with Gasteiger partial charge in [-0.05, 0) is 44.4 Å². The molecule has 0 heterocycles. The van der Waals surface area contributed by atoms with Crippen LogP contribution in [-0.2, 0) is 0 Å². The number of hydrogen-bond donors (Lipinski definition) is 0. The van der Waals surface area contributed by atoms with Gasteiger partial charge in [0.05, 0.1) is 0 Å². The summed E-state index contributed by atoms with van der Waals surface area (Å²) in [7, 11) is 0. The molecule has 0 saturated heterocycles. The van der Waals surface area contributed by atoms with Crippen LogP contribution in [0.3, 0.4) is 0 Å². The first-order chi connectivity index (χ1) is 6.72.